The van der Waals surface area contributed by atoms with Gasteiger partial charge in [0.1, 0.15) is 5.69 Å². The molecule has 0 saturated heterocycles. The van der Waals surface area contributed by atoms with Crippen molar-refractivity contribution in [2.24, 2.45) is 0 Å². The van der Waals surface area contributed by atoms with Gasteiger partial charge in [-0.1, -0.05) is 60.7 Å². The van der Waals surface area contributed by atoms with Crippen LogP contribution in [0.3, 0.4) is 0 Å². The van der Waals surface area contributed by atoms with Crippen LogP contribution in [0.2, 0.25) is 0 Å². The summed E-state index contributed by atoms with van der Waals surface area (Å²) in [7, 11) is 0. The lowest BCUT2D eigenvalue weighted by molar-refractivity contribution is 0.0753. The minimum atomic E-state index is -0.0124. The summed E-state index contributed by atoms with van der Waals surface area (Å²) in [5.74, 6) is 0.144. The molecule has 0 unspecified atom stereocenters. The summed E-state index contributed by atoms with van der Waals surface area (Å²) in [6.45, 7) is 3.19. The van der Waals surface area contributed by atoms with Crippen molar-refractivity contribution in [2.75, 3.05) is 13.1 Å². The molecule has 0 spiro atoms. The molecular weight excluding hydrogens is 372 g/mol. The second-order valence-corrected chi connectivity index (χ2v) is 8.02. The van der Waals surface area contributed by atoms with Crippen molar-refractivity contribution in [1.29, 1.82) is 0 Å². The lowest BCUT2D eigenvalue weighted by atomic mass is 9.93. The lowest BCUT2D eigenvalue weighted by Crippen LogP contribution is -2.35. The molecule has 0 bridgehead atoms. The molecule has 1 heterocycles. The van der Waals surface area contributed by atoms with Crippen molar-refractivity contribution >= 4 is 11.7 Å². The summed E-state index contributed by atoms with van der Waals surface area (Å²) in [6, 6.07) is 20.5. The Balaban J connectivity index is 1.56. The van der Waals surface area contributed by atoms with Gasteiger partial charge in [0, 0.05) is 30.8 Å². The van der Waals surface area contributed by atoms with Crippen LogP contribution in [0.25, 0.3) is 0 Å². The van der Waals surface area contributed by atoms with Gasteiger partial charge in [0.05, 0.1) is 0 Å². The molecule has 4 heteroatoms. The number of aryl methyl sites for hydroxylation is 1. The van der Waals surface area contributed by atoms with Crippen LogP contribution < -0.4 is 0 Å². The molecule has 3 aromatic rings. The predicted molar refractivity (Wildman–Crippen MR) is 119 cm³/mol. The number of hydrogen-bond donors (Lipinski definition) is 1. The number of aromatic nitrogens is 1. The summed E-state index contributed by atoms with van der Waals surface area (Å²) in [4.78, 5) is 31.1. The van der Waals surface area contributed by atoms with Gasteiger partial charge < -0.3 is 9.88 Å². The molecule has 4 nitrogen and oxygen atoms in total. The third kappa shape index (κ3) is 4.38. The van der Waals surface area contributed by atoms with Crippen molar-refractivity contribution in [3.05, 3.63) is 94.3 Å². The Morgan fingerprint density at radius 3 is 2.00 bits per heavy atom. The van der Waals surface area contributed by atoms with Gasteiger partial charge in [0.25, 0.3) is 5.91 Å². The average molecular weight is 401 g/mol. The van der Waals surface area contributed by atoms with E-state index in [0.29, 0.717) is 25.2 Å². The number of nitrogens with zero attached hydrogens (tertiary/aromatic N) is 1. The number of aromatic amines is 1. The van der Waals surface area contributed by atoms with E-state index in [4.69, 9.17) is 0 Å². The first-order chi connectivity index (χ1) is 14.6. The number of carbonyl (C=O) groups is 2. The van der Waals surface area contributed by atoms with Crippen LogP contribution in [0.5, 0.6) is 0 Å². The Hall–Kier alpha value is -3.14. The maximum absolute atomic E-state index is 13.5. The number of rotatable bonds is 7. The van der Waals surface area contributed by atoms with E-state index < -0.39 is 0 Å². The van der Waals surface area contributed by atoms with E-state index in [1.54, 1.807) is 0 Å². The number of benzene rings is 2. The molecule has 30 heavy (non-hydrogen) atoms. The second-order valence-electron chi connectivity index (χ2n) is 8.02. The fraction of sp³-hybridized carbons (Fsp3) is 0.308. The van der Waals surface area contributed by atoms with Crippen molar-refractivity contribution in [3.63, 3.8) is 0 Å². The Kier molecular flexibility index (Phi) is 6.12. The number of hydrogen-bond acceptors (Lipinski definition) is 2. The number of fused-ring (bicyclic) bond motifs is 1. The summed E-state index contributed by atoms with van der Waals surface area (Å²) < 4.78 is 0. The maximum Gasteiger partial charge on any atom is 0.270 e. The lowest BCUT2D eigenvalue weighted by Gasteiger charge is -2.23. The molecule has 0 aliphatic heterocycles. The van der Waals surface area contributed by atoms with E-state index in [0.717, 1.165) is 42.5 Å². The Labute approximate surface area is 177 Å². The monoisotopic (exact) mass is 400 g/mol. The topological polar surface area (TPSA) is 53.2 Å². The van der Waals surface area contributed by atoms with Crippen LogP contribution in [0.1, 0.15) is 56.1 Å². The Bertz CT molecular complexity index is 978. The zero-order valence-electron chi connectivity index (χ0n) is 17.5. The first kappa shape index (κ1) is 20.1. The van der Waals surface area contributed by atoms with Crippen LogP contribution in [0.4, 0.5) is 0 Å². The fourth-order valence-electron chi connectivity index (χ4n) is 4.28. The van der Waals surface area contributed by atoms with Gasteiger partial charge in [0.2, 0.25) is 0 Å². The highest BCUT2D eigenvalue weighted by molar-refractivity contribution is 6.04. The van der Waals surface area contributed by atoms with Crippen molar-refractivity contribution < 1.29 is 9.59 Å². The van der Waals surface area contributed by atoms with E-state index in [9.17, 15) is 9.59 Å². The van der Waals surface area contributed by atoms with E-state index in [2.05, 4.69) is 29.2 Å². The molecule has 4 rings (SSSR count). The maximum atomic E-state index is 13.5. The highest BCUT2D eigenvalue weighted by Crippen LogP contribution is 2.27. The smallest absolute Gasteiger partial charge is 0.270 e. The summed E-state index contributed by atoms with van der Waals surface area (Å²) >= 11 is 0. The van der Waals surface area contributed by atoms with Crippen LogP contribution in [0.15, 0.2) is 60.7 Å². The van der Waals surface area contributed by atoms with Gasteiger partial charge in [-0.05, 0) is 49.3 Å². The van der Waals surface area contributed by atoms with Crippen molar-refractivity contribution in [1.82, 2.24) is 9.88 Å². The number of carbonyl (C=O) groups excluding carboxylic acids is 2. The van der Waals surface area contributed by atoms with Gasteiger partial charge in [-0.25, -0.2) is 0 Å². The van der Waals surface area contributed by atoms with Gasteiger partial charge >= 0.3 is 0 Å². The molecule has 0 atom stereocenters. The summed E-state index contributed by atoms with van der Waals surface area (Å²) in [6.07, 6.45) is 3.87. The van der Waals surface area contributed by atoms with Crippen LogP contribution in [-0.4, -0.2) is 34.7 Å². The second kappa shape index (κ2) is 9.12. The molecule has 154 valence electrons. The largest absolute Gasteiger partial charge is 0.354 e. The van der Waals surface area contributed by atoms with E-state index >= 15 is 0 Å². The summed E-state index contributed by atoms with van der Waals surface area (Å²) in [5.41, 5.74) is 5.50. The van der Waals surface area contributed by atoms with E-state index in [1.807, 2.05) is 48.2 Å². The number of Topliss-reactive ketones (excluding diaryl/α,β-unsaturated/α-hetero) is 1. The molecule has 1 aliphatic rings. The van der Waals surface area contributed by atoms with Crippen LogP contribution in [0, 0.1) is 6.92 Å². The Morgan fingerprint density at radius 2 is 1.47 bits per heavy atom. The predicted octanol–water partition coefficient (Wildman–Crippen LogP) is 4.77. The molecule has 1 amide bonds. The van der Waals surface area contributed by atoms with Gasteiger partial charge in [-0.3, -0.25) is 9.59 Å². The molecule has 0 fully saturated rings. The minimum Gasteiger partial charge on any atom is -0.354 e. The molecular formula is C26H28N2O2. The van der Waals surface area contributed by atoms with E-state index in [1.165, 1.54) is 11.1 Å². The zero-order chi connectivity index (χ0) is 20.9. The molecule has 0 radical (unpaired) electrons. The van der Waals surface area contributed by atoms with Gasteiger partial charge in [-0.2, -0.15) is 0 Å². The molecule has 1 aliphatic carbocycles. The van der Waals surface area contributed by atoms with Crippen molar-refractivity contribution in [2.45, 2.75) is 39.0 Å². The standard InChI is InChI=1S/C26H28N2O2/c1-19-24-22(13-8-14-23(24)29)27-25(19)26(30)28(17-15-20-9-4-2-5-10-20)18-16-21-11-6-3-7-12-21/h2-7,9-12,27H,8,13-18H2,1H3. The minimum absolute atomic E-state index is 0.0124. The molecule has 1 N–H and O–H groups in total. The quantitative estimate of drug-likeness (QED) is 0.621. The highest BCUT2D eigenvalue weighted by Gasteiger charge is 2.28. The first-order valence-corrected chi connectivity index (χ1v) is 10.7. The third-order valence-electron chi connectivity index (χ3n) is 5.96. The molecule has 1 aromatic heterocycles. The van der Waals surface area contributed by atoms with Crippen LogP contribution in [-0.2, 0) is 19.3 Å². The average Bonchev–Trinajstić information content (AvgIpc) is 3.12. The van der Waals surface area contributed by atoms with Crippen LogP contribution >= 0.6 is 0 Å². The first-order valence-electron chi connectivity index (χ1n) is 10.7. The van der Waals surface area contributed by atoms with Gasteiger partial charge in [0.15, 0.2) is 5.78 Å². The van der Waals surface area contributed by atoms with Crippen molar-refractivity contribution in [3.8, 4) is 0 Å². The third-order valence-corrected chi connectivity index (χ3v) is 5.96. The highest BCUT2D eigenvalue weighted by atomic mass is 16.2. The number of amides is 1. The fourth-order valence-corrected chi connectivity index (χ4v) is 4.28. The molecule has 2 aromatic carbocycles. The normalized spacial score (nSPS) is 13.2. The Morgan fingerprint density at radius 1 is 0.900 bits per heavy atom. The molecule has 0 saturated carbocycles. The zero-order valence-corrected chi connectivity index (χ0v) is 17.5. The van der Waals surface area contributed by atoms with E-state index in [-0.39, 0.29) is 11.7 Å². The SMILES string of the molecule is Cc1c(C(=O)N(CCc2ccccc2)CCc2ccccc2)[nH]c2c1C(=O)CCC2. The number of ketones is 1. The number of H-pyrrole nitrogens is 1. The van der Waals surface area contributed by atoms with Gasteiger partial charge in [-0.15, -0.1) is 0 Å². The number of nitrogens with one attached hydrogen (secondary N) is 1. The summed E-state index contributed by atoms with van der Waals surface area (Å²) in [5, 5.41) is 0.